The van der Waals surface area contributed by atoms with E-state index in [2.05, 4.69) is 10.1 Å². The number of aromatic nitrogens is 2. The van der Waals surface area contributed by atoms with Crippen molar-refractivity contribution in [3.05, 3.63) is 26.4 Å². The van der Waals surface area contributed by atoms with Crippen molar-refractivity contribution in [1.29, 1.82) is 0 Å². The summed E-state index contributed by atoms with van der Waals surface area (Å²) in [6.07, 6.45) is -0.119. The molecule has 0 saturated heterocycles. The fourth-order valence-corrected chi connectivity index (χ4v) is 1.54. The number of anilines is 1. The summed E-state index contributed by atoms with van der Waals surface area (Å²) in [5.74, 6) is -2.16. The molecule has 0 aliphatic rings. The van der Waals surface area contributed by atoms with Gasteiger partial charge in [-0.25, -0.2) is 4.79 Å². The molecule has 1 aromatic heterocycles. The highest BCUT2D eigenvalue weighted by Crippen LogP contribution is 2.03. The van der Waals surface area contributed by atoms with Gasteiger partial charge in [0.05, 0.1) is 6.42 Å². The first-order valence-electron chi connectivity index (χ1n) is 6.26. The summed E-state index contributed by atoms with van der Waals surface area (Å²) < 4.78 is 5.58. The van der Waals surface area contributed by atoms with Gasteiger partial charge in [0.1, 0.15) is 11.4 Å². The molecule has 0 bridgehead atoms. The molecular formula is C12H16N4O6. The molecule has 0 aromatic carbocycles. The Hall–Kier alpha value is -2.91. The minimum Gasteiger partial charge on any atom is -0.457 e. The molecule has 1 heterocycles. The average molecular weight is 312 g/mol. The molecule has 0 radical (unpaired) electrons. The Bertz CT molecular complexity index is 717. The molecule has 120 valence electrons. The Morgan fingerprint density at radius 2 is 1.95 bits per heavy atom. The van der Waals surface area contributed by atoms with E-state index in [9.17, 15) is 24.0 Å². The number of rotatable bonds is 6. The third kappa shape index (κ3) is 4.30. The fraction of sp³-hybridized carbons (Fsp3) is 0.417. The molecule has 4 N–H and O–H groups in total. The zero-order valence-electron chi connectivity index (χ0n) is 12.1. The van der Waals surface area contributed by atoms with E-state index in [-0.39, 0.29) is 24.7 Å². The first kappa shape index (κ1) is 17.1. The van der Waals surface area contributed by atoms with Crippen molar-refractivity contribution in [3.63, 3.8) is 0 Å². The number of nitrogens with one attached hydrogen (secondary N) is 2. The number of hydrogen-bond donors (Lipinski definition) is 3. The topological polar surface area (TPSA) is 153 Å². The van der Waals surface area contributed by atoms with Gasteiger partial charge in [0.25, 0.3) is 5.56 Å². The number of hydrogen-bond acceptors (Lipinski definition) is 7. The number of Topliss-reactive ketones (excluding diaryl/α,β-unsaturated/α-hetero) is 1. The Morgan fingerprint density at radius 3 is 2.55 bits per heavy atom. The summed E-state index contributed by atoms with van der Waals surface area (Å²) in [7, 11) is 1.28. The summed E-state index contributed by atoms with van der Waals surface area (Å²) >= 11 is 0. The van der Waals surface area contributed by atoms with Crippen LogP contribution in [0.3, 0.4) is 0 Å². The smallest absolute Gasteiger partial charge is 0.329 e. The lowest BCUT2D eigenvalue weighted by Gasteiger charge is -2.08. The normalized spacial score (nSPS) is 10.1. The number of ether oxygens (including phenoxy) is 1. The van der Waals surface area contributed by atoms with E-state index in [1.807, 2.05) is 4.98 Å². The van der Waals surface area contributed by atoms with Gasteiger partial charge in [-0.3, -0.25) is 28.7 Å². The summed E-state index contributed by atoms with van der Waals surface area (Å²) in [4.78, 5) is 58.6. The lowest BCUT2D eigenvalue weighted by atomic mass is 10.2. The van der Waals surface area contributed by atoms with E-state index in [1.165, 1.54) is 14.0 Å². The summed E-state index contributed by atoms with van der Waals surface area (Å²) in [5.41, 5.74) is 3.39. The first-order valence-corrected chi connectivity index (χ1v) is 6.26. The van der Waals surface area contributed by atoms with Crippen LogP contribution in [0.4, 0.5) is 5.82 Å². The van der Waals surface area contributed by atoms with E-state index in [1.54, 1.807) is 0 Å². The summed E-state index contributed by atoms with van der Waals surface area (Å²) in [6.45, 7) is 0.679. The Balaban J connectivity index is 2.69. The minimum absolute atomic E-state index is 0.0743. The molecule has 22 heavy (non-hydrogen) atoms. The molecule has 0 spiro atoms. The lowest BCUT2D eigenvalue weighted by molar-refractivity contribution is -0.142. The molecule has 10 heteroatoms. The van der Waals surface area contributed by atoms with Gasteiger partial charge in [-0.1, -0.05) is 0 Å². The van der Waals surface area contributed by atoms with Gasteiger partial charge in [0.15, 0.2) is 6.61 Å². The Kier molecular flexibility index (Phi) is 5.61. The second kappa shape index (κ2) is 7.20. The predicted molar refractivity (Wildman–Crippen MR) is 75.3 cm³/mol. The van der Waals surface area contributed by atoms with E-state index >= 15 is 0 Å². The van der Waals surface area contributed by atoms with Crippen LogP contribution in [0.1, 0.15) is 23.7 Å². The van der Waals surface area contributed by atoms with Crippen molar-refractivity contribution in [2.45, 2.75) is 13.3 Å². The van der Waals surface area contributed by atoms with Gasteiger partial charge in [0, 0.05) is 20.5 Å². The third-order valence-electron chi connectivity index (χ3n) is 2.72. The van der Waals surface area contributed by atoms with Crippen molar-refractivity contribution in [2.24, 2.45) is 7.05 Å². The maximum atomic E-state index is 11.9. The molecule has 1 rings (SSSR count). The number of carbonyl (C=O) groups excluding carboxylic acids is 3. The van der Waals surface area contributed by atoms with E-state index in [0.717, 1.165) is 4.57 Å². The minimum atomic E-state index is -0.945. The van der Waals surface area contributed by atoms with Crippen molar-refractivity contribution in [2.75, 3.05) is 18.9 Å². The largest absolute Gasteiger partial charge is 0.457 e. The summed E-state index contributed by atoms with van der Waals surface area (Å²) in [6, 6.07) is 0. The molecular weight excluding hydrogens is 296 g/mol. The van der Waals surface area contributed by atoms with Crippen LogP contribution >= 0.6 is 0 Å². The zero-order chi connectivity index (χ0) is 16.9. The number of ketones is 1. The molecule has 1 amide bonds. The standard InChI is InChI=1S/C12H16N4O6/c1-6(17)14-4-3-8(19)22-5-7(18)9-10(13)16(2)12(21)15-11(9)20/h3-5,13H2,1-2H3,(H,14,17)(H,15,20,21). The highest BCUT2D eigenvalue weighted by Gasteiger charge is 2.19. The summed E-state index contributed by atoms with van der Waals surface area (Å²) in [5, 5.41) is 2.39. The van der Waals surface area contributed by atoms with Gasteiger partial charge in [-0.15, -0.1) is 0 Å². The van der Waals surface area contributed by atoms with Crippen LogP contribution in [0.25, 0.3) is 0 Å². The van der Waals surface area contributed by atoms with Crippen molar-refractivity contribution < 1.29 is 19.1 Å². The Labute approximate surface area is 124 Å². The molecule has 0 fully saturated rings. The van der Waals surface area contributed by atoms with Gasteiger partial charge in [-0.05, 0) is 0 Å². The van der Waals surface area contributed by atoms with E-state index in [4.69, 9.17) is 5.73 Å². The van der Waals surface area contributed by atoms with Crippen LogP contribution in [0, 0.1) is 0 Å². The number of aromatic amines is 1. The van der Waals surface area contributed by atoms with Crippen molar-refractivity contribution in [1.82, 2.24) is 14.9 Å². The monoisotopic (exact) mass is 312 g/mol. The van der Waals surface area contributed by atoms with E-state index in [0.29, 0.717) is 0 Å². The molecule has 0 aliphatic carbocycles. The van der Waals surface area contributed by atoms with Crippen LogP contribution in [0.2, 0.25) is 0 Å². The van der Waals surface area contributed by atoms with E-state index < -0.39 is 35.2 Å². The van der Waals surface area contributed by atoms with Crippen molar-refractivity contribution in [3.8, 4) is 0 Å². The molecule has 0 saturated carbocycles. The zero-order valence-corrected chi connectivity index (χ0v) is 12.1. The van der Waals surface area contributed by atoms with Crippen LogP contribution in [0.15, 0.2) is 9.59 Å². The number of nitrogens with two attached hydrogens (primary N) is 1. The fourth-order valence-electron chi connectivity index (χ4n) is 1.54. The number of nitrogen functional groups attached to an aromatic ring is 1. The third-order valence-corrected chi connectivity index (χ3v) is 2.72. The second-order valence-corrected chi connectivity index (χ2v) is 4.40. The van der Waals surface area contributed by atoms with Gasteiger partial charge < -0.3 is 15.8 Å². The maximum absolute atomic E-state index is 11.9. The second-order valence-electron chi connectivity index (χ2n) is 4.40. The van der Waals surface area contributed by atoms with Crippen LogP contribution < -0.4 is 22.3 Å². The number of esters is 1. The predicted octanol–water partition coefficient (Wildman–Crippen LogP) is -2.09. The average Bonchev–Trinajstić information content (AvgIpc) is 2.42. The number of amides is 1. The molecule has 1 aromatic rings. The Morgan fingerprint density at radius 1 is 1.32 bits per heavy atom. The molecule has 0 unspecified atom stereocenters. The van der Waals surface area contributed by atoms with Gasteiger partial charge in [0.2, 0.25) is 11.7 Å². The molecule has 0 atom stereocenters. The number of carbonyl (C=O) groups is 3. The number of nitrogens with zero attached hydrogens (tertiary/aromatic N) is 1. The SMILES string of the molecule is CC(=O)NCCC(=O)OCC(=O)c1c(N)n(C)c(=O)[nH]c1=O. The highest BCUT2D eigenvalue weighted by molar-refractivity contribution is 6.01. The van der Waals surface area contributed by atoms with Crippen LogP contribution in [-0.2, 0) is 21.4 Å². The quantitative estimate of drug-likeness (QED) is 0.402. The van der Waals surface area contributed by atoms with Gasteiger partial charge >= 0.3 is 11.7 Å². The lowest BCUT2D eigenvalue weighted by Crippen LogP contribution is -2.36. The van der Waals surface area contributed by atoms with Crippen LogP contribution in [0.5, 0.6) is 0 Å². The van der Waals surface area contributed by atoms with Crippen LogP contribution in [-0.4, -0.2) is 40.4 Å². The molecule has 10 nitrogen and oxygen atoms in total. The number of H-pyrrole nitrogens is 1. The molecule has 0 aliphatic heterocycles. The highest BCUT2D eigenvalue weighted by atomic mass is 16.5. The van der Waals surface area contributed by atoms with Crippen molar-refractivity contribution >= 4 is 23.5 Å². The first-order chi connectivity index (χ1) is 10.2. The van der Waals surface area contributed by atoms with Gasteiger partial charge in [-0.2, -0.15) is 0 Å². The maximum Gasteiger partial charge on any atom is 0.329 e.